The second-order valence-electron chi connectivity index (χ2n) is 5.11. The van der Waals surface area contributed by atoms with Crippen molar-refractivity contribution in [2.75, 3.05) is 33.2 Å². The predicted octanol–water partition coefficient (Wildman–Crippen LogP) is 0.196. The molecule has 1 amide bonds. The maximum absolute atomic E-state index is 11.3. The van der Waals surface area contributed by atoms with Gasteiger partial charge in [0.1, 0.15) is 0 Å². The molecule has 0 aromatic carbocycles. The van der Waals surface area contributed by atoms with Gasteiger partial charge in [-0.15, -0.1) is 0 Å². The summed E-state index contributed by atoms with van der Waals surface area (Å²) in [6.45, 7) is 4.32. The van der Waals surface area contributed by atoms with Gasteiger partial charge in [0, 0.05) is 26.1 Å². The minimum absolute atomic E-state index is 0.292. The zero-order valence-corrected chi connectivity index (χ0v) is 10.2. The number of amides is 1. The summed E-state index contributed by atoms with van der Waals surface area (Å²) in [5, 5.41) is 7.01. The molecule has 2 rings (SSSR count). The van der Waals surface area contributed by atoms with Crippen molar-refractivity contribution in [2.45, 2.75) is 31.7 Å². The van der Waals surface area contributed by atoms with Crippen LogP contribution in [0.5, 0.6) is 0 Å². The first kappa shape index (κ1) is 11.9. The van der Waals surface area contributed by atoms with Crippen molar-refractivity contribution in [1.29, 1.82) is 0 Å². The van der Waals surface area contributed by atoms with Crippen LogP contribution < -0.4 is 10.6 Å². The molecule has 2 saturated heterocycles. The number of hydrogen-bond donors (Lipinski definition) is 2. The first-order chi connectivity index (χ1) is 7.75. The van der Waals surface area contributed by atoms with Crippen LogP contribution in [-0.2, 0) is 4.79 Å². The molecule has 1 atom stereocenters. The van der Waals surface area contributed by atoms with E-state index in [0.29, 0.717) is 18.4 Å². The van der Waals surface area contributed by atoms with Crippen molar-refractivity contribution >= 4 is 5.91 Å². The van der Waals surface area contributed by atoms with E-state index in [-0.39, 0.29) is 0 Å². The molecule has 0 spiro atoms. The normalized spacial score (nSPS) is 28.4. The van der Waals surface area contributed by atoms with E-state index in [9.17, 15) is 4.79 Å². The molecule has 4 nitrogen and oxygen atoms in total. The third kappa shape index (κ3) is 3.19. The van der Waals surface area contributed by atoms with Crippen LogP contribution in [0, 0.1) is 5.92 Å². The molecule has 0 aromatic heterocycles. The fourth-order valence-electron chi connectivity index (χ4n) is 2.60. The van der Waals surface area contributed by atoms with Gasteiger partial charge in [-0.1, -0.05) is 0 Å². The van der Waals surface area contributed by atoms with E-state index in [2.05, 4.69) is 10.6 Å². The quantitative estimate of drug-likeness (QED) is 0.721. The second-order valence-corrected chi connectivity index (χ2v) is 5.11. The van der Waals surface area contributed by atoms with E-state index < -0.39 is 0 Å². The molecule has 2 heterocycles. The van der Waals surface area contributed by atoms with Gasteiger partial charge in [0.2, 0.25) is 5.91 Å². The number of rotatable bonds is 3. The van der Waals surface area contributed by atoms with Crippen molar-refractivity contribution in [3.8, 4) is 0 Å². The van der Waals surface area contributed by atoms with Gasteiger partial charge in [-0.25, -0.2) is 0 Å². The Morgan fingerprint density at radius 2 is 2.12 bits per heavy atom. The first-order valence-electron chi connectivity index (χ1n) is 6.44. The maximum atomic E-state index is 11.3. The smallest absolute Gasteiger partial charge is 0.222 e. The van der Waals surface area contributed by atoms with Gasteiger partial charge in [0.25, 0.3) is 0 Å². The highest BCUT2D eigenvalue weighted by Gasteiger charge is 2.23. The minimum Gasteiger partial charge on any atom is -0.344 e. The number of carbonyl (C=O) groups is 1. The number of likely N-dealkylation sites (tertiary alicyclic amines) is 1. The average Bonchev–Trinajstić information content (AvgIpc) is 2.32. The molecule has 0 aromatic rings. The number of piperidine rings is 2. The molecule has 2 N–H and O–H groups in total. The van der Waals surface area contributed by atoms with Crippen LogP contribution in [-0.4, -0.2) is 50.1 Å². The Bertz CT molecular complexity index is 238. The fraction of sp³-hybridized carbons (Fsp3) is 0.917. The summed E-state index contributed by atoms with van der Waals surface area (Å²) in [5.41, 5.74) is 0. The predicted molar refractivity (Wildman–Crippen MR) is 64.3 cm³/mol. The number of nitrogens with one attached hydrogen (secondary N) is 2. The summed E-state index contributed by atoms with van der Waals surface area (Å²) in [4.78, 5) is 13.2. The highest BCUT2D eigenvalue weighted by atomic mass is 16.2. The van der Waals surface area contributed by atoms with E-state index in [0.717, 1.165) is 38.5 Å². The third-order valence-corrected chi connectivity index (χ3v) is 3.78. The summed E-state index contributed by atoms with van der Waals surface area (Å²) in [5.74, 6) is 1.11. The summed E-state index contributed by atoms with van der Waals surface area (Å²) in [7, 11) is 1.90. The van der Waals surface area contributed by atoms with E-state index in [1.54, 1.807) is 0 Å². The molecule has 2 aliphatic rings. The second kappa shape index (κ2) is 5.64. The van der Waals surface area contributed by atoms with Gasteiger partial charge < -0.3 is 15.5 Å². The summed E-state index contributed by atoms with van der Waals surface area (Å²) in [6, 6.07) is 0.512. The highest BCUT2D eigenvalue weighted by molar-refractivity contribution is 5.76. The van der Waals surface area contributed by atoms with Crippen LogP contribution in [0.1, 0.15) is 25.7 Å². The lowest BCUT2D eigenvalue weighted by molar-refractivity contribution is -0.132. The molecule has 92 valence electrons. The Morgan fingerprint density at radius 3 is 2.81 bits per heavy atom. The van der Waals surface area contributed by atoms with Crippen molar-refractivity contribution in [2.24, 2.45) is 5.92 Å². The van der Waals surface area contributed by atoms with E-state index in [1.165, 1.54) is 12.8 Å². The standard InChI is InChI=1S/C12H23N3O/c1-15-9-11(2-3-12(15)16)14-8-10-4-6-13-7-5-10/h10-11,13-14H,2-9H2,1H3. The van der Waals surface area contributed by atoms with Gasteiger partial charge in [0.05, 0.1) is 0 Å². The molecule has 1 unspecified atom stereocenters. The first-order valence-corrected chi connectivity index (χ1v) is 6.44. The molecule has 0 aliphatic carbocycles. The molecule has 2 fully saturated rings. The summed E-state index contributed by atoms with van der Waals surface area (Å²) in [6.07, 6.45) is 4.29. The Kier molecular flexibility index (Phi) is 4.18. The van der Waals surface area contributed by atoms with E-state index in [4.69, 9.17) is 0 Å². The van der Waals surface area contributed by atoms with Crippen molar-refractivity contribution < 1.29 is 4.79 Å². The zero-order chi connectivity index (χ0) is 11.4. The van der Waals surface area contributed by atoms with Gasteiger partial charge in [0.15, 0.2) is 0 Å². The Balaban J connectivity index is 1.67. The molecule has 4 heteroatoms. The monoisotopic (exact) mass is 225 g/mol. The van der Waals surface area contributed by atoms with Gasteiger partial charge in [-0.05, 0) is 44.8 Å². The fourth-order valence-corrected chi connectivity index (χ4v) is 2.60. The van der Waals surface area contributed by atoms with Crippen LogP contribution in [0.15, 0.2) is 0 Å². The Hall–Kier alpha value is -0.610. The largest absolute Gasteiger partial charge is 0.344 e. The van der Waals surface area contributed by atoms with Gasteiger partial charge in [-0.2, -0.15) is 0 Å². The number of hydrogen-bond acceptors (Lipinski definition) is 3. The Morgan fingerprint density at radius 1 is 1.38 bits per heavy atom. The lowest BCUT2D eigenvalue weighted by Gasteiger charge is -2.32. The molecule has 2 aliphatic heterocycles. The minimum atomic E-state index is 0.292. The van der Waals surface area contributed by atoms with Gasteiger partial charge in [-0.3, -0.25) is 4.79 Å². The van der Waals surface area contributed by atoms with Crippen LogP contribution >= 0.6 is 0 Å². The van der Waals surface area contributed by atoms with Crippen molar-refractivity contribution in [3.05, 3.63) is 0 Å². The Labute approximate surface area is 97.8 Å². The van der Waals surface area contributed by atoms with E-state index in [1.807, 2.05) is 11.9 Å². The lowest BCUT2D eigenvalue weighted by atomic mass is 9.97. The SMILES string of the molecule is CN1CC(NCC2CCNCC2)CCC1=O. The van der Waals surface area contributed by atoms with Crippen LogP contribution in [0.25, 0.3) is 0 Å². The molecule has 0 saturated carbocycles. The molecule has 0 bridgehead atoms. The molecule has 0 radical (unpaired) electrons. The summed E-state index contributed by atoms with van der Waals surface area (Å²) < 4.78 is 0. The van der Waals surface area contributed by atoms with Crippen molar-refractivity contribution in [1.82, 2.24) is 15.5 Å². The molecule has 16 heavy (non-hydrogen) atoms. The number of carbonyl (C=O) groups excluding carboxylic acids is 1. The van der Waals surface area contributed by atoms with E-state index >= 15 is 0 Å². The summed E-state index contributed by atoms with van der Waals surface area (Å²) >= 11 is 0. The molecular formula is C12H23N3O. The third-order valence-electron chi connectivity index (χ3n) is 3.78. The van der Waals surface area contributed by atoms with Gasteiger partial charge >= 0.3 is 0 Å². The van der Waals surface area contributed by atoms with Crippen LogP contribution in [0.3, 0.4) is 0 Å². The highest BCUT2D eigenvalue weighted by Crippen LogP contribution is 2.13. The van der Waals surface area contributed by atoms with Crippen molar-refractivity contribution in [3.63, 3.8) is 0 Å². The van der Waals surface area contributed by atoms with Crippen LogP contribution in [0.4, 0.5) is 0 Å². The lowest BCUT2D eigenvalue weighted by Crippen LogP contribution is -2.48. The average molecular weight is 225 g/mol. The zero-order valence-electron chi connectivity index (χ0n) is 10.2. The van der Waals surface area contributed by atoms with Crippen LogP contribution in [0.2, 0.25) is 0 Å². The number of nitrogens with zero attached hydrogens (tertiary/aromatic N) is 1. The number of likely N-dealkylation sites (N-methyl/N-ethyl adjacent to an activating group) is 1. The topological polar surface area (TPSA) is 44.4 Å². The molecular weight excluding hydrogens is 202 g/mol. The maximum Gasteiger partial charge on any atom is 0.222 e.